The monoisotopic (exact) mass is 338 g/mol. The lowest BCUT2D eigenvalue weighted by Gasteiger charge is -2.35. The highest BCUT2D eigenvalue weighted by molar-refractivity contribution is 5.41. The standard InChI is InChI=1S/C20H26N4O/c1-15-17-12-25-14-20(18(17)22-19(21-15)23(2)3)9-10-24(13-20)11-16-7-5-4-6-8-16/h4-8H,9-14H2,1-3H3/t20-/m1/s1. The molecule has 25 heavy (non-hydrogen) atoms. The molecule has 0 unspecified atom stereocenters. The zero-order valence-corrected chi connectivity index (χ0v) is 15.3. The van der Waals surface area contributed by atoms with E-state index in [0.29, 0.717) is 6.61 Å². The Morgan fingerprint density at radius 2 is 2.00 bits per heavy atom. The van der Waals surface area contributed by atoms with Crippen LogP contribution in [-0.4, -0.2) is 48.7 Å². The molecule has 2 aromatic rings. The van der Waals surface area contributed by atoms with Crippen molar-refractivity contribution in [1.82, 2.24) is 14.9 Å². The lowest BCUT2D eigenvalue weighted by Crippen LogP contribution is -2.41. The molecule has 0 bridgehead atoms. The molecule has 0 amide bonds. The molecule has 5 heteroatoms. The Kier molecular flexibility index (Phi) is 4.21. The number of aryl methyl sites for hydroxylation is 1. The number of rotatable bonds is 3. The molecule has 1 fully saturated rings. The zero-order chi connectivity index (χ0) is 17.4. The first-order chi connectivity index (χ1) is 12.1. The van der Waals surface area contributed by atoms with Crippen molar-refractivity contribution < 1.29 is 4.74 Å². The van der Waals surface area contributed by atoms with Gasteiger partial charge < -0.3 is 9.64 Å². The van der Waals surface area contributed by atoms with Crippen LogP contribution in [0.3, 0.4) is 0 Å². The van der Waals surface area contributed by atoms with Crippen molar-refractivity contribution in [1.29, 1.82) is 0 Å². The van der Waals surface area contributed by atoms with E-state index >= 15 is 0 Å². The molecule has 2 aliphatic rings. The molecular weight excluding hydrogens is 312 g/mol. The molecular formula is C20H26N4O. The normalized spacial score (nSPS) is 23.0. The van der Waals surface area contributed by atoms with Gasteiger partial charge in [-0.25, -0.2) is 9.97 Å². The lowest BCUT2D eigenvalue weighted by atomic mass is 9.80. The van der Waals surface area contributed by atoms with Crippen molar-refractivity contribution >= 4 is 5.95 Å². The zero-order valence-electron chi connectivity index (χ0n) is 15.3. The summed E-state index contributed by atoms with van der Waals surface area (Å²) in [6, 6.07) is 10.7. The van der Waals surface area contributed by atoms with Gasteiger partial charge in [-0.15, -0.1) is 0 Å². The Labute approximate surface area is 149 Å². The first kappa shape index (κ1) is 16.5. The van der Waals surface area contributed by atoms with E-state index in [2.05, 4.69) is 47.1 Å². The van der Waals surface area contributed by atoms with E-state index in [1.807, 2.05) is 19.0 Å². The number of anilines is 1. The van der Waals surface area contributed by atoms with Gasteiger partial charge in [0.25, 0.3) is 0 Å². The van der Waals surface area contributed by atoms with Crippen LogP contribution < -0.4 is 4.90 Å². The van der Waals surface area contributed by atoms with Gasteiger partial charge in [-0.1, -0.05) is 30.3 Å². The van der Waals surface area contributed by atoms with E-state index in [9.17, 15) is 0 Å². The highest BCUT2D eigenvalue weighted by Gasteiger charge is 2.45. The third kappa shape index (κ3) is 3.02. The van der Waals surface area contributed by atoms with Crippen molar-refractivity contribution in [3.63, 3.8) is 0 Å². The van der Waals surface area contributed by atoms with Crippen molar-refractivity contribution in [3.8, 4) is 0 Å². The maximum Gasteiger partial charge on any atom is 0.225 e. The van der Waals surface area contributed by atoms with Crippen LogP contribution in [0.25, 0.3) is 0 Å². The Balaban J connectivity index is 1.64. The molecule has 0 saturated carbocycles. The van der Waals surface area contributed by atoms with Crippen molar-refractivity contribution in [2.24, 2.45) is 0 Å². The van der Waals surface area contributed by atoms with Gasteiger partial charge in [-0.3, -0.25) is 4.90 Å². The third-order valence-corrected chi connectivity index (χ3v) is 5.41. The Morgan fingerprint density at radius 1 is 1.20 bits per heavy atom. The van der Waals surface area contributed by atoms with Crippen LogP contribution in [0, 0.1) is 6.92 Å². The van der Waals surface area contributed by atoms with Gasteiger partial charge in [0.1, 0.15) is 0 Å². The molecule has 1 atom stereocenters. The molecule has 0 radical (unpaired) electrons. The second-order valence-electron chi connectivity index (χ2n) is 7.55. The predicted octanol–water partition coefficient (Wildman–Crippen LogP) is 2.52. The third-order valence-electron chi connectivity index (χ3n) is 5.41. The van der Waals surface area contributed by atoms with Crippen LogP contribution in [0.5, 0.6) is 0 Å². The fourth-order valence-electron chi connectivity index (χ4n) is 4.06. The Bertz CT molecular complexity index is 762. The van der Waals surface area contributed by atoms with Gasteiger partial charge in [0.05, 0.1) is 24.3 Å². The summed E-state index contributed by atoms with van der Waals surface area (Å²) < 4.78 is 5.99. The van der Waals surface area contributed by atoms with Gasteiger partial charge in [0.2, 0.25) is 5.95 Å². The molecule has 1 spiro atoms. The fraction of sp³-hybridized carbons (Fsp3) is 0.500. The quantitative estimate of drug-likeness (QED) is 0.860. The number of hydrogen-bond donors (Lipinski definition) is 0. The molecule has 3 heterocycles. The van der Waals surface area contributed by atoms with E-state index in [1.54, 1.807) is 0 Å². The fourth-order valence-corrected chi connectivity index (χ4v) is 4.06. The molecule has 4 rings (SSSR count). The molecule has 0 aliphatic carbocycles. The van der Waals surface area contributed by atoms with Crippen LogP contribution in [0.1, 0.15) is 28.9 Å². The van der Waals surface area contributed by atoms with E-state index in [1.165, 1.54) is 16.8 Å². The van der Waals surface area contributed by atoms with Crippen molar-refractivity contribution in [3.05, 3.63) is 52.8 Å². The number of likely N-dealkylation sites (tertiary alicyclic amines) is 1. The molecule has 2 aliphatic heterocycles. The molecule has 5 nitrogen and oxygen atoms in total. The predicted molar refractivity (Wildman–Crippen MR) is 98.8 cm³/mol. The van der Waals surface area contributed by atoms with Crippen LogP contribution in [0.2, 0.25) is 0 Å². The van der Waals surface area contributed by atoms with Crippen LogP contribution in [-0.2, 0) is 23.3 Å². The molecule has 1 aromatic heterocycles. The molecule has 132 valence electrons. The Hall–Kier alpha value is -1.98. The molecule has 1 saturated heterocycles. The molecule has 0 N–H and O–H groups in total. The average Bonchev–Trinajstić information content (AvgIpc) is 3.00. The Morgan fingerprint density at radius 3 is 2.76 bits per heavy atom. The number of nitrogens with zero attached hydrogens (tertiary/aromatic N) is 4. The van der Waals surface area contributed by atoms with Crippen LogP contribution >= 0.6 is 0 Å². The van der Waals surface area contributed by atoms with Gasteiger partial charge in [-0.05, 0) is 25.5 Å². The van der Waals surface area contributed by atoms with Crippen molar-refractivity contribution in [2.75, 3.05) is 38.7 Å². The minimum absolute atomic E-state index is 0.000817. The van der Waals surface area contributed by atoms with Crippen LogP contribution in [0.4, 0.5) is 5.95 Å². The lowest BCUT2D eigenvalue weighted by molar-refractivity contribution is 0.0498. The summed E-state index contributed by atoms with van der Waals surface area (Å²) in [5.41, 5.74) is 4.82. The van der Waals surface area contributed by atoms with E-state index < -0.39 is 0 Å². The largest absolute Gasteiger partial charge is 0.376 e. The van der Waals surface area contributed by atoms with E-state index in [4.69, 9.17) is 9.72 Å². The maximum atomic E-state index is 5.99. The number of ether oxygens (including phenoxy) is 1. The first-order valence-electron chi connectivity index (χ1n) is 8.97. The summed E-state index contributed by atoms with van der Waals surface area (Å²) >= 11 is 0. The summed E-state index contributed by atoms with van der Waals surface area (Å²) in [4.78, 5) is 14.1. The van der Waals surface area contributed by atoms with Crippen molar-refractivity contribution in [2.45, 2.75) is 31.9 Å². The van der Waals surface area contributed by atoms with Gasteiger partial charge in [0.15, 0.2) is 0 Å². The highest BCUT2D eigenvalue weighted by atomic mass is 16.5. The smallest absolute Gasteiger partial charge is 0.225 e. The SMILES string of the molecule is Cc1nc(N(C)C)nc2c1COC[C@]21CCN(Cc2ccccc2)C1. The number of fused-ring (bicyclic) bond motifs is 2. The second kappa shape index (κ2) is 6.39. The summed E-state index contributed by atoms with van der Waals surface area (Å²) in [5.74, 6) is 0.805. The van der Waals surface area contributed by atoms with Gasteiger partial charge >= 0.3 is 0 Å². The minimum Gasteiger partial charge on any atom is -0.376 e. The number of benzene rings is 1. The number of aromatic nitrogens is 2. The highest BCUT2D eigenvalue weighted by Crippen LogP contribution is 2.40. The second-order valence-corrected chi connectivity index (χ2v) is 7.55. The first-order valence-corrected chi connectivity index (χ1v) is 8.97. The van der Waals surface area contributed by atoms with E-state index in [0.717, 1.165) is 44.3 Å². The maximum absolute atomic E-state index is 5.99. The average molecular weight is 338 g/mol. The minimum atomic E-state index is 0.000817. The number of hydrogen-bond acceptors (Lipinski definition) is 5. The summed E-state index contributed by atoms with van der Waals surface area (Å²) in [7, 11) is 4.01. The summed E-state index contributed by atoms with van der Waals surface area (Å²) in [6.45, 7) is 6.54. The van der Waals surface area contributed by atoms with E-state index in [-0.39, 0.29) is 5.41 Å². The topological polar surface area (TPSA) is 41.5 Å². The van der Waals surface area contributed by atoms with Gasteiger partial charge in [0, 0.05) is 38.4 Å². The summed E-state index contributed by atoms with van der Waals surface area (Å²) in [5, 5.41) is 0. The van der Waals surface area contributed by atoms with Gasteiger partial charge in [-0.2, -0.15) is 0 Å². The molecule has 1 aromatic carbocycles. The summed E-state index contributed by atoms with van der Waals surface area (Å²) in [6.07, 6.45) is 1.09. The van der Waals surface area contributed by atoms with Crippen LogP contribution in [0.15, 0.2) is 30.3 Å².